The van der Waals surface area contributed by atoms with Gasteiger partial charge in [0.25, 0.3) is 5.69 Å². The second-order valence-electron chi connectivity index (χ2n) is 6.37. The summed E-state index contributed by atoms with van der Waals surface area (Å²) in [5.41, 5.74) is 0.306. The van der Waals surface area contributed by atoms with Gasteiger partial charge >= 0.3 is 0 Å². The van der Waals surface area contributed by atoms with Crippen molar-refractivity contribution in [3.05, 3.63) is 33.4 Å². The lowest BCUT2D eigenvalue weighted by molar-refractivity contribution is -0.385. The number of hydrogen-bond donors (Lipinski definition) is 0. The Morgan fingerprint density at radius 3 is 2.50 bits per heavy atom. The first-order valence-corrected chi connectivity index (χ1v) is 8.95. The molecule has 1 amide bonds. The number of nitrogens with zero attached hydrogens (tertiary/aromatic N) is 2. The summed E-state index contributed by atoms with van der Waals surface area (Å²) < 4.78 is 5.65. The lowest BCUT2D eigenvalue weighted by Crippen LogP contribution is -2.27. The minimum absolute atomic E-state index is 0.0687. The molecule has 0 saturated heterocycles. The van der Waals surface area contributed by atoms with Crippen LogP contribution in [0.5, 0.6) is 5.75 Å². The van der Waals surface area contributed by atoms with Gasteiger partial charge in [-0.15, -0.1) is 0 Å². The van der Waals surface area contributed by atoms with E-state index in [4.69, 9.17) is 4.74 Å². The number of benzene rings is 1. The highest BCUT2D eigenvalue weighted by Crippen LogP contribution is 2.30. The zero-order chi connectivity index (χ0) is 19.7. The first-order valence-electron chi connectivity index (χ1n) is 8.95. The van der Waals surface area contributed by atoms with Crippen LogP contribution in [0, 0.1) is 17.0 Å². The third kappa shape index (κ3) is 6.13. The fourth-order valence-electron chi connectivity index (χ4n) is 2.75. The molecule has 0 heterocycles. The molecule has 0 aliphatic heterocycles. The molecule has 0 N–H and O–H groups in total. The smallest absolute Gasteiger partial charge is 0.280 e. The molecular weight excluding hydrogens is 336 g/mol. The fraction of sp³-hybridized carbons (Fsp3) is 0.579. The van der Waals surface area contributed by atoms with Crippen molar-refractivity contribution in [3.8, 4) is 5.75 Å². The Hall–Kier alpha value is -2.44. The molecule has 7 nitrogen and oxygen atoms in total. The number of Topliss-reactive ketones (excluding diaryl/α,β-unsaturated/α-hetero) is 1. The van der Waals surface area contributed by atoms with Gasteiger partial charge in [-0.1, -0.05) is 19.8 Å². The second kappa shape index (κ2) is 10.5. The molecule has 1 aromatic carbocycles. The van der Waals surface area contributed by atoms with Crippen molar-refractivity contribution in [3.63, 3.8) is 0 Å². The van der Waals surface area contributed by atoms with E-state index in [0.29, 0.717) is 30.8 Å². The average molecular weight is 364 g/mol. The van der Waals surface area contributed by atoms with E-state index in [-0.39, 0.29) is 22.9 Å². The molecule has 144 valence electrons. The van der Waals surface area contributed by atoms with Crippen molar-refractivity contribution >= 4 is 17.4 Å². The number of nitro benzene ring substituents is 1. The number of carbonyl (C=O) groups excluding carboxylic acids is 2. The van der Waals surface area contributed by atoms with Gasteiger partial charge < -0.3 is 9.64 Å². The molecule has 0 radical (unpaired) electrons. The largest absolute Gasteiger partial charge is 0.493 e. The lowest BCUT2D eigenvalue weighted by Gasteiger charge is -2.17. The predicted octanol–water partition coefficient (Wildman–Crippen LogP) is 3.91. The summed E-state index contributed by atoms with van der Waals surface area (Å²) >= 11 is 0. The van der Waals surface area contributed by atoms with E-state index in [1.165, 1.54) is 19.1 Å². The molecule has 0 atom stereocenters. The van der Waals surface area contributed by atoms with Crippen LogP contribution in [0.25, 0.3) is 0 Å². The normalized spacial score (nSPS) is 10.5. The number of ether oxygens (including phenoxy) is 1. The second-order valence-corrected chi connectivity index (χ2v) is 6.37. The Balaban J connectivity index is 2.58. The molecule has 0 aromatic heterocycles. The maximum absolute atomic E-state index is 12.0. The van der Waals surface area contributed by atoms with Gasteiger partial charge in [0, 0.05) is 31.6 Å². The minimum atomic E-state index is -0.569. The molecule has 26 heavy (non-hydrogen) atoms. The number of unbranched alkanes of at least 4 members (excludes halogenated alkanes) is 2. The maximum atomic E-state index is 12.0. The summed E-state index contributed by atoms with van der Waals surface area (Å²) in [6.07, 6.45) is 4.16. The van der Waals surface area contributed by atoms with E-state index < -0.39 is 4.92 Å². The Morgan fingerprint density at radius 2 is 1.92 bits per heavy atom. The Labute approximate surface area is 154 Å². The Bertz CT molecular complexity index is 658. The Kier molecular flexibility index (Phi) is 8.75. The van der Waals surface area contributed by atoms with Crippen LogP contribution >= 0.6 is 0 Å². The highest BCUT2D eigenvalue weighted by Gasteiger charge is 2.22. The lowest BCUT2D eigenvalue weighted by atomic mass is 10.0. The molecule has 0 fully saturated rings. The molecular formula is C19H28N2O5. The molecule has 0 aliphatic rings. The first kappa shape index (κ1) is 21.6. The average Bonchev–Trinajstić information content (AvgIpc) is 2.58. The van der Waals surface area contributed by atoms with Crippen molar-refractivity contribution in [2.24, 2.45) is 0 Å². The van der Waals surface area contributed by atoms with Crippen LogP contribution in [0.15, 0.2) is 12.1 Å². The van der Waals surface area contributed by atoms with Crippen molar-refractivity contribution < 1.29 is 19.2 Å². The third-order valence-corrected chi connectivity index (χ3v) is 4.26. The molecule has 0 saturated carbocycles. The van der Waals surface area contributed by atoms with E-state index in [1.807, 2.05) is 0 Å². The summed E-state index contributed by atoms with van der Waals surface area (Å²) in [5, 5.41) is 11.1. The number of amides is 1. The zero-order valence-corrected chi connectivity index (χ0v) is 16.0. The van der Waals surface area contributed by atoms with Crippen LogP contribution in [-0.2, 0) is 4.79 Å². The molecule has 1 rings (SSSR count). The van der Waals surface area contributed by atoms with Gasteiger partial charge in [0.1, 0.15) is 11.3 Å². The standard InChI is InChI=1S/C19H28N2O5/c1-5-6-7-12-20(4)18(23)9-8-13-26-17-11-10-16(21(24)25)19(14(17)2)15(3)22/h10-11H,5-9,12-13H2,1-4H3. The van der Waals surface area contributed by atoms with Crippen LogP contribution in [0.3, 0.4) is 0 Å². The predicted molar refractivity (Wildman–Crippen MR) is 99.7 cm³/mol. The fourth-order valence-corrected chi connectivity index (χ4v) is 2.75. The molecule has 0 unspecified atom stereocenters. The number of nitro groups is 1. The SMILES string of the molecule is CCCCCN(C)C(=O)CCCOc1ccc([N+](=O)[O-])c(C(C)=O)c1C. The van der Waals surface area contributed by atoms with Gasteiger partial charge in [0.05, 0.1) is 11.5 Å². The van der Waals surface area contributed by atoms with E-state index in [2.05, 4.69) is 6.92 Å². The highest BCUT2D eigenvalue weighted by atomic mass is 16.6. The number of rotatable bonds is 11. The van der Waals surface area contributed by atoms with Crippen molar-refractivity contribution in [2.45, 2.75) is 52.9 Å². The van der Waals surface area contributed by atoms with Gasteiger partial charge in [0.15, 0.2) is 5.78 Å². The van der Waals surface area contributed by atoms with E-state index in [1.54, 1.807) is 18.9 Å². The van der Waals surface area contributed by atoms with Crippen molar-refractivity contribution in [1.82, 2.24) is 4.90 Å². The highest BCUT2D eigenvalue weighted by molar-refractivity contribution is 6.00. The maximum Gasteiger partial charge on any atom is 0.280 e. The van der Waals surface area contributed by atoms with Gasteiger partial charge in [-0.3, -0.25) is 19.7 Å². The first-order chi connectivity index (χ1) is 12.3. The Morgan fingerprint density at radius 1 is 1.23 bits per heavy atom. The molecule has 1 aromatic rings. The summed E-state index contributed by atoms with van der Waals surface area (Å²) in [6, 6.07) is 2.78. The van der Waals surface area contributed by atoms with Crippen LogP contribution in [0.2, 0.25) is 0 Å². The molecule has 0 spiro atoms. The van der Waals surface area contributed by atoms with Crippen molar-refractivity contribution in [2.75, 3.05) is 20.2 Å². The zero-order valence-electron chi connectivity index (χ0n) is 16.0. The van der Waals surface area contributed by atoms with Gasteiger partial charge in [-0.25, -0.2) is 0 Å². The van der Waals surface area contributed by atoms with E-state index in [9.17, 15) is 19.7 Å². The minimum Gasteiger partial charge on any atom is -0.493 e. The van der Waals surface area contributed by atoms with Crippen LogP contribution in [0.4, 0.5) is 5.69 Å². The third-order valence-electron chi connectivity index (χ3n) is 4.26. The summed E-state index contributed by atoms with van der Waals surface area (Å²) in [6.45, 7) is 6.12. The topological polar surface area (TPSA) is 89.8 Å². The van der Waals surface area contributed by atoms with E-state index >= 15 is 0 Å². The summed E-state index contributed by atoms with van der Waals surface area (Å²) in [4.78, 5) is 36.0. The van der Waals surface area contributed by atoms with Crippen LogP contribution in [0.1, 0.15) is 61.9 Å². The van der Waals surface area contributed by atoms with E-state index in [0.717, 1.165) is 25.8 Å². The van der Waals surface area contributed by atoms with Gasteiger partial charge in [-0.05, 0) is 32.8 Å². The van der Waals surface area contributed by atoms with Crippen LogP contribution in [-0.4, -0.2) is 41.7 Å². The van der Waals surface area contributed by atoms with Crippen molar-refractivity contribution in [1.29, 1.82) is 0 Å². The summed E-state index contributed by atoms with van der Waals surface area (Å²) in [7, 11) is 1.80. The van der Waals surface area contributed by atoms with Gasteiger partial charge in [0.2, 0.25) is 5.91 Å². The number of ketones is 1. The quantitative estimate of drug-likeness (QED) is 0.257. The van der Waals surface area contributed by atoms with Gasteiger partial charge in [-0.2, -0.15) is 0 Å². The molecule has 0 aliphatic carbocycles. The number of hydrogen-bond acceptors (Lipinski definition) is 5. The molecule has 7 heteroatoms. The van der Waals surface area contributed by atoms with Crippen LogP contribution < -0.4 is 4.74 Å². The summed E-state index contributed by atoms with van der Waals surface area (Å²) in [5.74, 6) is 0.141. The molecule has 0 bridgehead atoms. The number of carbonyl (C=O) groups is 2. The monoisotopic (exact) mass is 364 g/mol.